The average molecular weight is 304 g/mol. The van der Waals surface area contributed by atoms with Crippen molar-refractivity contribution in [2.45, 2.75) is 37.6 Å². The molecule has 3 rings (SSSR count). The molecule has 0 aliphatic carbocycles. The van der Waals surface area contributed by atoms with E-state index in [4.69, 9.17) is 4.74 Å². The van der Waals surface area contributed by atoms with E-state index in [1.807, 2.05) is 17.0 Å². The predicted octanol–water partition coefficient (Wildman–Crippen LogP) is 2.46. The second-order valence-electron chi connectivity index (χ2n) is 6.19. The van der Waals surface area contributed by atoms with Crippen molar-refractivity contribution in [3.05, 3.63) is 29.8 Å². The molecular weight excluding hydrogens is 280 g/mol. The number of amides is 2. The molecule has 0 spiro atoms. The first-order valence-corrected chi connectivity index (χ1v) is 8.14. The number of urea groups is 1. The third-order valence-corrected chi connectivity index (χ3v) is 4.70. The molecule has 0 unspecified atom stereocenters. The number of aromatic hydroxyl groups is 1. The van der Waals surface area contributed by atoms with Crippen LogP contribution in [0.4, 0.5) is 4.79 Å². The maximum atomic E-state index is 12.3. The minimum atomic E-state index is 0.0658. The summed E-state index contributed by atoms with van der Waals surface area (Å²) in [5, 5.41) is 12.5. The SMILES string of the molecule is O=C(NC1CCOCC1)N1CCC(c2ccc(O)cc2)CC1. The van der Waals surface area contributed by atoms with E-state index in [0.717, 1.165) is 52.0 Å². The van der Waals surface area contributed by atoms with Crippen molar-refractivity contribution in [1.29, 1.82) is 0 Å². The predicted molar refractivity (Wildman–Crippen MR) is 84.0 cm³/mol. The third-order valence-electron chi connectivity index (χ3n) is 4.70. The Morgan fingerprint density at radius 3 is 2.36 bits per heavy atom. The summed E-state index contributed by atoms with van der Waals surface area (Å²) < 4.78 is 5.32. The second-order valence-corrected chi connectivity index (χ2v) is 6.19. The van der Waals surface area contributed by atoms with Crippen LogP contribution in [0, 0.1) is 0 Å². The van der Waals surface area contributed by atoms with E-state index in [0.29, 0.717) is 11.7 Å². The number of carbonyl (C=O) groups is 1. The van der Waals surface area contributed by atoms with Crippen molar-refractivity contribution in [2.75, 3.05) is 26.3 Å². The molecule has 5 nitrogen and oxygen atoms in total. The molecule has 5 heteroatoms. The number of piperidine rings is 1. The Labute approximate surface area is 131 Å². The van der Waals surface area contributed by atoms with Gasteiger partial charge < -0.3 is 20.1 Å². The Kier molecular flexibility index (Phi) is 4.83. The highest BCUT2D eigenvalue weighted by molar-refractivity contribution is 5.74. The molecule has 0 saturated carbocycles. The van der Waals surface area contributed by atoms with Crippen molar-refractivity contribution in [3.8, 4) is 5.75 Å². The number of phenolic OH excluding ortho intramolecular Hbond substituents is 1. The molecule has 1 aromatic carbocycles. The number of benzene rings is 1. The first-order valence-electron chi connectivity index (χ1n) is 8.14. The number of nitrogens with zero attached hydrogens (tertiary/aromatic N) is 1. The highest BCUT2D eigenvalue weighted by atomic mass is 16.5. The lowest BCUT2D eigenvalue weighted by molar-refractivity contribution is 0.0775. The number of rotatable bonds is 2. The van der Waals surface area contributed by atoms with Gasteiger partial charge in [-0.15, -0.1) is 0 Å². The summed E-state index contributed by atoms with van der Waals surface area (Å²) in [5.74, 6) is 0.782. The number of likely N-dealkylation sites (tertiary alicyclic amines) is 1. The molecule has 120 valence electrons. The molecule has 1 aromatic rings. The zero-order chi connectivity index (χ0) is 15.4. The number of nitrogens with one attached hydrogen (secondary N) is 1. The highest BCUT2D eigenvalue weighted by Gasteiger charge is 2.25. The van der Waals surface area contributed by atoms with Crippen LogP contribution >= 0.6 is 0 Å². The van der Waals surface area contributed by atoms with Gasteiger partial charge in [-0.2, -0.15) is 0 Å². The van der Waals surface area contributed by atoms with Crippen molar-refractivity contribution in [3.63, 3.8) is 0 Å². The van der Waals surface area contributed by atoms with E-state index < -0.39 is 0 Å². The summed E-state index contributed by atoms with van der Waals surface area (Å²) in [6.45, 7) is 3.07. The summed E-state index contributed by atoms with van der Waals surface area (Å²) in [6, 6.07) is 7.77. The molecule has 0 atom stereocenters. The van der Waals surface area contributed by atoms with E-state index in [1.165, 1.54) is 5.56 Å². The van der Waals surface area contributed by atoms with Gasteiger partial charge in [0, 0.05) is 32.3 Å². The lowest BCUT2D eigenvalue weighted by Gasteiger charge is -2.34. The zero-order valence-corrected chi connectivity index (χ0v) is 12.8. The van der Waals surface area contributed by atoms with Crippen LogP contribution < -0.4 is 5.32 Å². The Hall–Kier alpha value is -1.75. The summed E-state index contributed by atoms with van der Waals surface area (Å²) in [4.78, 5) is 14.2. The van der Waals surface area contributed by atoms with Gasteiger partial charge in [-0.3, -0.25) is 0 Å². The van der Waals surface area contributed by atoms with Gasteiger partial charge in [0.1, 0.15) is 5.75 Å². The smallest absolute Gasteiger partial charge is 0.317 e. The van der Waals surface area contributed by atoms with Gasteiger partial charge in [-0.05, 0) is 49.3 Å². The van der Waals surface area contributed by atoms with Crippen LogP contribution in [0.1, 0.15) is 37.2 Å². The first kappa shape index (κ1) is 15.2. The number of carbonyl (C=O) groups excluding carboxylic acids is 1. The van der Waals surface area contributed by atoms with Crippen LogP contribution in [-0.2, 0) is 4.74 Å². The fourth-order valence-corrected chi connectivity index (χ4v) is 3.27. The molecule has 2 heterocycles. The molecule has 2 saturated heterocycles. The number of hydrogen-bond donors (Lipinski definition) is 2. The average Bonchev–Trinajstić information content (AvgIpc) is 2.57. The summed E-state index contributed by atoms with van der Waals surface area (Å²) in [5.41, 5.74) is 1.25. The fourth-order valence-electron chi connectivity index (χ4n) is 3.27. The summed E-state index contributed by atoms with van der Waals surface area (Å²) >= 11 is 0. The maximum Gasteiger partial charge on any atom is 0.317 e. The first-order chi connectivity index (χ1) is 10.7. The lowest BCUT2D eigenvalue weighted by Crippen LogP contribution is -2.48. The molecule has 22 heavy (non-hydrogen) atoms. The van der Waals surface area contributed by atoms with Crippen LogP contribution in [0.3, 0.4) is 0 Å². The fraction of sp³-hybridized carbons (Fsp3) is 0.588. The van der Waals surface area contributed by atoms with Crippen LogP contribution in [0.25, 0.3) is 0 Å². The Balaban J connectivity index is 1.48. The Morgan fingerprint density at radius 2 is 1.73 bits per heavy atom. The number of phenols is 1. The van der Waals surface area contributed by atoms with Gasteiger partial charge in [-0.25, -0.2) is 4.79 Å². The second kappa shape index (κ2) is 7.01. The van der Waals surface area contributed by atoms with Gasteiger partial charge in [0.25, 0.3) is 0 Å². The summed E-state index contributed by atoms with van der Waals surface area (Å²) in [7, 11) is 0. The van der Waals surface area contributed by atoms with Crippen molar-refractivity contribution < 1.29 is 14.6 Å². The van der Waals surface area contributed by atoms with Crippen LogP contribution in [0.15, 0.2) is 24.3 Å². The van der Waals surface area contributed by atoms with Gasteiger partial charge in [0.15, 0.2) is 0 Å². The molecule has 0 bridgehead atoms. The monoisotopic (exact) mass is 304 g/mol. The molecule has 0 aromatic heterocycles. The number of hydrogen-bond acceptors (Lipinski definition) is 3. The largest absolute Gasteiger partial charge is 0.508 e. The zero-order valence-electron chi connectivity index (χ0n) is 12.8. The van der Waals surface area contributed by atoms with Gasteiger partial charge >= 0.3 is 6.03 Å². The van der Waals surface area contributed by atoms with Crippen molar-refractivity contribution in [1.82, 2.24) is 10.2 Å². The molecular formula is C17H24N2O3. The standard InChI is InChI=1S/C17H24N2O3/c20-16-3-1-13(2-4-16)14-5-9-19(10-6-14)17(21)18-15-7-11-22-12-8-15/h1-4,14-15,20H,5-12H2,(H,18,21). The lowest BCUT2D eigenvalue weighted by atomic mass is 9.89. The van der Waals surface area contributed by atoms with Crippen LogP contribution in [0.2, 0.25) is 0 Å². The van der Waals surface area contributed by atoms with Crippen LogP contribution in [0.5, 0.6) is 5.75 Å². The molecule has 2 amide bonds. The van der Waals surface area contributed by atoms with E-state index >= 15 is 0 Å². The van der Waals surface area contributed by atoms with E-state index in [2.05, 4.69) is 5.32 Å². The summed E-state index contributed by atoms with van der Waals surface area (Å²) in [6.07, 6.45) is 3.78. The Bertz CT molecular complexity index is 489. The normalized spacial score (nSPS) is 20.8. The highest BCUT2D eigenvalue weighted by Crippen LogP contribution is 2.29. The molecule has 0 radical (unpaired) electrons. The van der Waals surface area contributed by atoms with Crippen molar-refractivity contribution in [2.24, 2.45) is 0 Å². The van der Waals surface area contributed by atoms with E-state index in [9.17, 15) is 9.90 Å². The van der Waals surface area contributed by atoms with Gasteiger partial charge in [-0.1, -0.05) is 12.1 Å². The molecule has 2 aliphatic heterocycles. The van der Waals surface area contributed by atoms with Crippen molar-refractivity contribution >= 4 is 6.03 Å². The molecule has 2 aliphatic rings. The van der Waals surface area contributed by atoms with E-state index in [-0.39, 0.29) is 12.1 Å². The number of ether oxygens (including phenoxy) is 1. The Morgan fingerprint density at radius 1 is 1.09 bits per heavy atom. The van der Waals surface area contributed by atoms with Gasteiger partial charge in [0.2, 0.25) is 0 Å². The van der Waals surface area contributed by atoms with Gasteiger partial charge in [0.05, 0.1) is 0 Å². The molecule has 2 fully saturated rings. The maximum absolute atomic E-state index is 12.3. The third kappa shape index (κ3) is 3.71. The van der Waals surface area contributed by atoms with Crippen LogP contribution in [-0.4, -0.2) is 48.4 Å². The van der Waals surface area contributed by atoms with E-state index in [1.54, 1.807) is 12.1 Å². The quantitative estimate of drug-likeness (QED) is 0.882. The minimum absolute atomic E-state index is 0.0658. The topological polar surface area (TPSA) is 61.8 Å². The minimum Gasteiger partial charge on any atom is -0.508 e. The molecule has 2 N–H and O–H groups in total.